The molecule has 2 amide bonds. The summed E-state index contributed by atoms with van der Waals surface area (Å²) in [7, 11) is 0. The molecular formula is C22H23ClN4O2. The highest BCUT2D eigenvalue weighted by Gasteiger charge is 2.32. The van der Waals surface area contributed by atoms with Gasteiger partial charge in [0.15, 0.2) is 0 Å². The quantitative estimate of drug-likeness (QED) is 0.595. The summed E-state index contributed by atoms with van der Waals surface area (Å²) in [4.78, 5) is 19.4. The number of likely N-dealkylation sites (tertiary alicyclic amines) is 1. The average Bonchev–Trinajstić information content (AvgIpc) is 3.21. The Balaban J connectivity index is 1.57. The molecule has 1 aliphatic heterocycles. The molecule has 0 radical (unpaired) electrons. The number of nitrogens with one attached hydrogen (secondary N) is 1. The highest BCUT2D eigenvalue weighted by atomic mass is 35.5. The molecule has 3 aromatic rings. The maximum Gasteiger partial charge on any atom is 0.322 e. The van der Waals surface area contributed by atoms with Crippen LogP contribution in [0.2, 0.25) is 5.02 Å². The zero-order valence-corrected chi connectivity index (χ0v) is 17.2. The Morgan fingerprint density at radius 2 is 1.93 bits per heavy atom. The Labute approximate surface area is 174 Å². The fourth-order valence-electron chi connectivity index (χ4n) is 3.74. The monoisotopic (exact) mass is 410 g/mol. The molecule has 4 rings (SSSR count). The Morgan fingerprint density at radius 1 is 1.17 bits per heavy atom. The molecule has 6 nitrogen and oxygen atoms in total. The van der Waals surface area contributed by atoms with Crippen LogP contribution in [0.5, 0.6) is 0 Å². The van der Waals surface area contributed by atoms with Crippen LogP contribution in [-0.2, 0) is 0 Å². The summed E-state index contributed by atoms with van der Waals surface area (Å²) in [5, 5.41) is 7.79. The van der Waals surface area contributed by atoms with E-state index in [1.54, 1.807) is 17.0 Å². The predicted molar refractivity (Wildman–Crippen MR) is 113 cm³/mol. The van der Waals surface area contributed by atoms with Crippen LogP contribution in [0.3, 0.4) is 0 Å². The van der Waals surface area contributed by atoms with E-state index >= 15 is 0 Å². The van der Waals surface area contributed by atoms with Crippen LogP contribution in [0, 0.1) is 13.8 Å². The van der Waals surface area contributed by atoms with E-state index in [1.165, 1.54) is 0 Å². The van der Waals surface area contributed by atoms with Crippen LogP contribution in [0.4, 0.5) is 10.5 Å². The molecule has 150 valence electrons. The van der Waals surface area contributed by atoms with Crippen molar-refractivity contribution in [1.29, 1.82) is 0 Å². The van der Waals surface area contributed by atoms with E-state index in [4.69, 9.17) is 16.1 Å². The van der Waals surface area contributed by atoms with Gasteiger partial charge in [-0.25, -0.2) is 4.79 Å². The first kappa shape index (κ1) is 19.5. The van der Waals surface area contributed by atoms with Crippen molar-refractivity contribution in [2.24, 2.45) is 0 Å². The second-order valence-electron chi connectivity index (χ2n) is 7.37. The van der Waals surface area contributed by atoms with Gasteiger partial charge in [0.1, 0.15) is 6.04 Å². The summed E-state index contributed by atoms with van der Waals surface area (Å²) >= 11 is 6.07. The molecule has 1 saturated heterocycles. The number of hydrogen-bond acceptors (Lipinski definition) is 4. The lowest BCUT2D eigenvalue weighted by molar-refractivity contribution is 0.142. The molecule has 0 spiro atoms. The smallest absolute Gasteiger partial charge is 0.322 e. The van der Waals surface area contributed by atoms with Gasteiger partial charge in [-0.05, 0) is 56.4 Å². The minimum Gasteiger partial charge on any atom is -0.337 e. The third kappa shape index (κ3) is 4.12. The van der Waals surface area contributed by atoms with Gasteiger partial charge >= 0.3 is 6.03 Å². The fraction of sp³-hybridized carbons (Fsp3) is 0.318. The number of benzene rings is 2. The first-order chi connectivity index (χ1) is 14.0. The zero-order valence-electron chi connectivity index (χ0n) is 16.5. The number of nitrogens with zero attached hydrogens (tertiary/aromatic N) is 3. The van der Waals surface area contributed by atoms with Gasteiger partial charge in [-0.1, -0.05) is 47.1 Å². The van der Waals surface area contributed by atoms with Gasteiger partial charge in [-0.2, -0.15) is 4.98 Å². The summed E-state index contributed by atoms with van der Waals surface area (Å²) in [5.41, 5.74) is 3.71. The van der Waals surface area contributed by atoms with E-state index in [0.29, 0.717) is 23.3 Å². The lowest BCUT2D eigenvalue weighted by Gasteiger charge is -2.33. The second kappa shape index (κ2) is 8.25. The summed E-state index contributed by atoms with van der Waals surface area (Å²) in [6.07, 6.45) is 2.75. The number of rotatable bonds is 3. The topological polar surface area (TPSA) is 71.3 Å². The van der Waals surface area contributed by atoms with Crippen molar-refractivity contribution in [2.45, 2.75) is 39.2 Å². The minimum atomic E-state index is -0.242. The van der Waals surface area contributed by atoms with Crippen LogP contribution >= 0.6 is 11.6 Å². The number of hydrogen-bond donors (Lipinski definition) is 1. The number of aryl methyl sites for hydroxylation is 2. The van der Waals surface area contributed by atoms with E-state index < -0.39 is 0 Å². The lowest BCUT2D eigenvalue weighted by Crippen LogP contribution is -2.41. The van der Waals surface area contributed by atoms with Gasteiger partial charge in [0.2, 0.25) is 11.7 Å². The van der Waals surface area contributed by atoms with Crippen molar-refractivity contribution in [2.75, 3.05) is 11.9 Å². The van der Waals surface area contributed by atoms with Crippen LogP contribution < -0.4 is 5.32 Å². The van der Waals surface area contributed by atoms with Crippen LogP contribution in [0.1, 0.15) is 42.3 Å². The fourth-order valence-corrected chi connectivity index (χ4v) is 3.93. The molecule has 1 aromatic heterocycles. The molecule has 0 bridgehead atoms. The zero-order chi connectivity index (χ0) is 20.4. The van der Waals surface area contributed by atoms with E-state index in [2.05, 4.69) is 15.5 Å². The molecule has 7 heteroatoms. The molecule has 0 unspecified atom stereocenters. The van der Waals surface area contributed by atoms with Crippen molar-refractivity contribution in [3.8, 4) is 11.4 Å². The van der Waals surface area contributed by atoms with Crippen molar-refractivity contribution < 1.29 is 9.32 Å². The van der Waals surface area contributed by atoms with E-state index in [1.807, 2.05) is 44.2 Å². The maximum absolute atomic E-state index is 13.1. The standard InChI is InChI=1S/C22H23ClN4O2/c1-14-7-5-8-15(2)19(14)24-22(28)27-12-4-3-11-18(27)21-25-20(26-29-21)16-9-6-10-17(23)13-16/h5-10,13,18H,3-4,11-12H2,1-2H3,(H,24,28)/t18-/m0/s1. The molecule has 29 heavy (non-hydrogen) atoms. The third-order valence-corrected chi connectivity index (χ3v) is 5.52. The van der Waals surface area contributed by atoms with Crippen molar-refractivity contribution in [1.82, 2.24) is 15.0 Å². The maximum atomic E-state index is 13.1. The number of amides is 2. The SMILES string of the molecule is Cc1cccc(C)c1NC(=O)N1CCCC[C@H]1c1nc(-c2cccc(Cl)c2)no1. The number of piperidine rings is 1. The van der Waals surface area contributed by atoms with Gasteiger partial charge in [0, 0.05) is 22.8 Å². The summed E-state index contributed by atoms with van der Waals surface area (Å²) in [5.74, 6) is 0.930. The number of carbonyl (C=O) groups excluding carboxylic acids is 1. The van der Waals surface area contributed by atoms with Crippen molar-refractivity contribution in [3.63, 3.8) is 0 Å². The Morgan fingerprint density at radius 3 is 2.69 bits per heavy atom. The number of anilines is 1. The van der Waals surface area contributed by atoms with Crippen LogP contribution in [0.15, 0.2) is 47.0 Å². The number of carbonyl (C=O) groups is 1. The number of aromatic nitrogens is 2. The van der Waals surface area contributed by atoms with Gasteiger partial charge in [-0.3, -0.25) is 0 Å². The molecule has 2 aromatic carbocycles. The second-order valence-corrected chi connectivity index (χ2v) is 7.80. The molecule has 0 aliphatic carbocycles. The molecule has 1 fully saturated rings. The molecule has 1 aliphatic rings. The summed E-state index contributed by atoms with van der Waals surface area (Å²) in [6, 6.07) is 12.9. The number of urea groups is 1. The predicted octanol–water partition coefficient (Wildman–Crippen LogP) is 5.77. The van der Waals surface area contributed by atoms with Crippen LogP contribution in [-0.4, -0.2) is 27.6 Å². The average molecular weight is 411 g/mol. The van der Waals surface area contributed by atoms with E-state index in [9.17, 15) is 4.79 Å². The largest absolute Gasteiger partial charge is 0.337 e. The van der Waals surface area contributed by atoms with Gasteiger partial charge in [-0.15, -0.1) is 0 Å². The minimum absolute atomic E-state index is 0.144. The highest BCUT2D eigenvalue weighted by Crippen LogP contribution is 2.32. The first-order valence-electron chi connectivity index (χ1n) is 9.76. The van der Waals surface area contributed by atoms with Crippen molar-refractivity contribution in [3.05, 3.63) is 64.5 Å². The van der Waals surface area contributed by atoms with E-state index in [-0.39, 0.29) is 12.1 Å². The molecule has 2 heterocycles. The lowest BCUT2D eigenvalue weighted by atomic mass is 10.0. The Kier molecular flexibility index (Phi) is 5.53. The van der Waals surface area contributed by atoms with Crippen LogP contribution in [0.25, 0.3) is 11.4 Å². The van der Waals surface area contributed by atoms with Crippen molar-refractivity contribution >= 4 is 23.3 Å². The first-order valence-corrected chi connectivity index (χ1v) is 10.1. The molecule has 1 atom stereocenters. The van der Waals surface area contributed by atoms with Gasteiger partial charge < -0.3 is 14.7 Å². The summed E-state index contributed by atoms with van der Waals surface area (Å²) < 4.78 is 5.55. The Bertz CT molecular complexity index is 1010. The molecular weight excluding hydrogens is 388 g/mol. The number of para-hydroxylation sites is 1. The third-order valence-electron chi connectivity index (χ3n) is 5.29. The van der Waals surface area contributed by atoms with E-state index in [0.717, 1.165) is 41.6 Å². The Hall–Kier alpha value is -2.86. The highest BCUT2D eigenvalue weighted by molar-refractivity contribution is 6.30. The van der Waals surface area contributed by atoms with Gasteiger partial charge in [0.25, 0.3) is 0 Å². The summed E-state index contributed by atoms with van der Waals surface area (Å²) in [6.45, 7) is 4.63. The molecule has 0 saturated carbocycles. The molecule has 1 N–H and O–H groups in total. The normalized spacial score (nSPS) is 16.7. The number of halogens is 1. The van der Waals surface area contributed by atoms with Gasteiger partial charge in [0.05, 0.1) is 0 Å².